The van der Waals surface area contributed by atoms with Crippen molar-refractivity contribution in [3.05, 3.63) is 24.1 Å². The maximum atomic E-state index is 13.0. The quantitative estimate of drug-likeness (QED) is 0.585. The normalized spacial score (nSPS) is 10.1. The van der Waals surface area contributed by atoms with E-state index in [0.717, 1.165) is 0 Å². The lowest BCUT2D eigenvalue weighted by Crippen LogP contribution is -2.12. The Morgan fingerprint density at radius 2 is 2.36 bits per heavy atom. The Morgan fingerprint density at radius 1 is 1.50 bits per heavy atom. The van der Waals surface area contributed by atoms with Gasteiger partial charge < -0.3 is 10.1 Å². The van der Waals surface area contributed by atoms with Gasteiger partial charge in [0.2, 0.25) is 0 Å². The number of nitrogens with zero attached hydrogens (tertiary/aromatic N) is 1. The highest BCUT2D eigenvalue weighted by molar-refractivity contribution is 6.17. The number of pyridine rings is 1. The van der Waals surface area contributed by atoms with Crippen LogP contribution in [0.1, 0.15) is 0 Å². The van der Waals surface area contributed by atoms with E-state index in [2.05, 4.69) is 10.3 Å². The Kier molecular flexibility index (Phi) is 5.25. The molecule has 0 amide bonds. The molecule has 0 aliphatic rings. The van der Waals surface area contributed by atoms with Gasteiger partial charge in [-0.1, -0.05) is 0 Å². The molecule has 1 N–H and O–H groups in total. The molecular formula is C9H12ClFN2O. The van der Waals surface area contributed by atoms with E-state index < -0.39 is 0 Å². The number of aromatic nitrogens is 1. The highest BCUT2D eigenvalue weighted by Crippen LogP contribution is 2.07. The minimum absolute atomic E-state index is 0.252. The Bertz CT molecular complexity index is 273. The maximum Gasteiger partial charge on any atom is 0.165 e. The topological polar surface area (TPSA) is 34.2 Å². The second-order valence-electron chi connectivity index (χ2n) is 2.56. The highest BCUT2D eigenvalue weighted by Gasteiger charge is 1.99. The fourth-order valence-electron chi connectivity index (χ4n) is 0.914. The lowest BCUT2D eigenvalue weighted by Gasteiger charge is -2.05. The lowest BCUT2D eigenvalue weighted by atomic mass is 10.4. The Hall–Kier alpha value is -0.870. The SMILES string of the molecule is Fc1cccnc1NCCOCCCl. The van der Waals surface area contributed by atoms with Gasteiger partial charge in [-0.2, -0.15) is 0 Å². The summed E-state index contributed by atoms with van der Waals surface area (Å²) in [6.45, 7) is 1.52. The zero-order valence-corrected chi connectivity index (χ0v) is 8.43. The van der Waals surface area contributed by atoms with E-state index in [0.29, 0.717) is 25.6 Å². The standard InChI is InChI=1S/C9H12ClFN2O/c10-3-6-14-7-5-13-9-8(11)2-1-4-12-9/h1-2,4H,3,5-7H2,(H,12,13). The average molecular weight is 219 g/mol. The Morgan fingerprint density at radius 3 is 3.07 bits per heavy atom. The van der Waals surface area contributed by atoms with Crippen molar-refractivity contribution >= 4 is 17.4 Å². The van der Waals surface area contributed by atoms with Gasteiger partial charge in [0, 0.05) is 18.6 Å². The van der Waals surface area contributed by atoms with Gasteiger partial charge in [-0.25, -0.2) is 9.37 Å². The lowest BCUT2D eigenvalue weighted by molar-refractivity contribution is 0.160. The van der Waals surface area contributed by atoms with Crippen LogP contribution in [0.2, 0.25) is 0 Å². The molecule has 0 spiro atoms. The fourth-order valence-corrected chi connectivity index (χ4v) is 1.02. The van der Waals surface area contributed by atoms with Crippen LogP contribution in [0.3, 0.4) is 0 Å². The minimum Gasteiger partial charge on any atom is -0.378 e. The first-order valence-corrected chi connectivity index (χ1v) is 4.86. The zero-order chi connectivity index (χ0) is 10.2. The molecule has 0 aliphatic heterocycles. The summed E-state index contributed by atoms with van der Waals surface area (Å²) in [7, 11) is 0. The van der Waals surface area contributed by atoms with Crippen LogP contribution in [-0.2, 0) is 4.74 Å². The van der Waals surface area contributed by atoms with Crippen molar-refractivity contribution in [2.75, 3.05) is 31.0 Å². The molecule has 1 aromatic heterocycles. The van der Waals surface area contributed by atoms with E-state index in [1.54, 1.807) is 6.07 Å². The molecule has 0 atom stereocenters. The van der Waals surface area contributed by atoms with Crippen molar-refractivity contribution < 1.29 is 9.13 Å². The minimum atomic E-state index is -0.357. The predicted octanol–water partition coefficient (Wildman–Crippen LogP) is 1.89. The number of hydrogen-bond acceptors (Lipinski definition) is 3. The zero-order valence-electron chi connectivity index (χ0n) is 7.67. The van der Waals surface area contributed by atoms with E-state index in [1.807, 2.05) is 0 Å². The van der Waals surface area contributed by atoms with Crippen molar-refractivity contribution in [2.24, 2.45) is 0 Å². The van der Waals surface area contributed by atoms with Gasteiger partial charge in [0.25, 0.3) is 0 Å². The molecule has 1 rings (SSSR count). The smallest absolute Gasteiger partial charge is 0.165 e. The van der Waals surface area contributed by atoms with Gasteiger partial charge in [0.1, 0.15) is 0 Å². The van der Waals surface area contributed by atoms with Crippen molar-refractivity contribution in [3.63, 3.8) is 0 Å². The molecule has 5 heteroatoms. The number of hydrogen-bond donors (Lipinski definition) is 1. The van der Waals surface area contributed by atoms with Crippen LogP contribution in [-0.4, -0.2) is 30.6 Å². The van der Waals surface area contributed by atoms with Crippen molar-refractivity contribution in [1.29, 1.82) is 0 Å². The number of alkyl halides is 1. The van der Waals surface area contributed by atoms with E-state index in [4.69, 9.17) is 16.3 Å². The first kappa shape index (κ1) is 11.2. The third kappa shape index (κ3) is 3.89. The monoisotopic (exact) mass is 218 g/mol. The summed E-state index contributed by atoms with van der Waals surface area (Å²) < 4.78 is 18.1. The third-order valence-corrected chi connectivity index (χ3v) is 1.67. The molecule has 1 heterocycles. The van der Waals surface area contributed by atoms with Gasteiger partial charge in [-0.3, -0.25) is 0 Å². The Labute approximate surface area is 87.2 Å². The van der Waals surface area contributed by atoms with Gasteiger partial charge in [-0.05, 0) is 12.1 Å². The molecule has 78 valence electrons. The van der Waals surface area contributed by atoms with E-state index >= 15 is 0 Å². The van der Waals surface area contributed by atoms with Crippen LogP contribution in [0.5, 0.6) is 0 Å². The van der Waals surface area contributed by atoms with E-state index in [9.17, 15) is 4.39 Å². The van der Waals surface area contributed by atoms with Crippen LogP contribution < -0.4 is 5.32 Å². The van der Waals surface area contributed by atoms with Crippen LogP contribution in [0, 0.1) is 5.82 Å². The third-order valence-electron chi connectivity index (χ3n) is 1.52. The van der Waals surface area contributed by atoms with E-state index in [1.165, 1.54) is 12.3 Å². The molecule has 0 bridgehead atoms. The second-order valence-corrected chi connectivity index (χ2v) is 2.94. The summed E-state index contributed by atoms with van der Waals surface area (Å²) in [6, 6.07) is 2.90. The summed E-state index contributed by atoms with van der Waals surface area (Å²) in [5.74, 6) is 0.365. The summed E-state index contributed by atoms with van der Waals surface area (Å²) in [5, 5.41) is 2.82. The van der Waals surface area contributed by atoms with Crippen LogP contribution >= 0.6 is 11.6 Å². The first-order chi connectivity index (χ1) is 6.84. The summed E-state index contributed by atoms with van der Waals surface area (Å²) >= 11 is 5.40. The Balaban J connectivity index is 2.21. The fraction of sp³-hybridized carbons (Fsp3) is 0.444. The summed E-state index contributed by atoms with van der Waals surface area (Å²) in [5.41, 5.74) is 0. The molecule has 0 unspecified atom stereocenters. The molecule has 3 nitrogen and oxygen atoms in total. The van der Waals surface area contributed by atoms with Crippen LogP contribution in [0.25, 0.3) is 0 Å². The molecule has 14 heavy (non-hydrogen) atoms. The number of nitrogens with one attached hydrogen (secondary N) is 1. The van der Waals surface area contributed by atoms with Gasteiger partial charge in [0.05, 0.1) is 13.2 Å². The average Bonchev–Trinajstić information content (AvgIpc) is 2.20. The number of halogens is 2. The van der Waals surface area contributed by atoms with E-state index in [-0.39, 0.29) is 11.6 Å². The van der Waals surface area contributed by atoms with Gasteiger partial charge in [0.15, 0.2) is 11.6 Å². The molecule has 1 aromatic rings. The number of anilines is 1. The summed E-state index contributed by atoms with van der Waals surface area (Å²) in [4.78, 5) is 3.83. The maximum absolute atomic E-state index is 13.0. The molecular weight excluding hydrogens is 207 g/mol. The predicted molar refractivity (Wildman–Crippen MR) is 54.2 cm³/mol. The van der Waals surface area contributed by atoms with Crippen LogP contribution in [0.15, 0.2) is 18.3 Å². The van der Waals surface area contributed by atoms with Crippen LogP contribution in [0.4, 0.5) is 10.2 Å². The second kappa shape index (κ2) is 6.56. The molecule has 0 radical (unpaired) electrons. The number of rotatable bonds is 6. The molecule has 0 aromatic carbocycles. The van der Waals surface area contributed by atoms with Gasteiger partial charge in [-0.15, -0.1) is 11.6 Å². The molecule has 0 aliphatic carbocycles. The van der Waals surface area contributed by atoms with Crippen molar-refractivity contribution in [2.45, 2.75) is 0 Å². The number of ether oxygens (including phenoxy) is 1. The summed E-state index contributed by atoms with van der Waals surface area (Å²) in [6.07, 6.45) is 1.53. The van der Waals surface area contributed by atoms with Crippen molar-refractivity contribution in [1.82, 2.24) is 4.98 Å². The van der Waals surface area contributed by atoms with Crippen molar-refractivity contribution in [3.8, 4) is 0 Å². The molecule has 0 saturated carbocycles. The van der Waals surface area contributed by atoms with Gasteiger partial charge >= 0.3 is 0 Å². The first-order valence-electron chi connectivity index (χ1n) is 4.32. The molecule has 0 saturated heterocycles. The highest BCUT2D eigenvalue weighted by atomic mass is 35.5. The molecule has 0 fully saturated rings. The largest absolute Gasteiger partial charge is 0.378 e.